The molecule has 0 radical (unpaired) electrons. The van der Waals surface area contributed by atoms with Gasteiger partial charge in [-0.3, -0.25) is 19.3 Å². The standard InChI is InChI=1S/C28H31N3O6/c1-17-14-22(18(2)29(17)15-20-6-5-13-36-20)24(32)16-37-27(35)28-12-11-25(33)31(28)23-8-4-3-7-21(23)26(34)30(28)19-9-10-19/h3-4,7-8,14,19-20H,5-6,9-13,15-16H2,1-2H3/t20?,28-/m1/s1. The molecule has 2 saturated heterocycles. The van der Waals surface area contributed by atoms with Crippen molar-refractivity contribution in [3.05, 3.63) is 52.8 Å². The zero-order valence-electron chi connectivity index (χ0n) is 21.2. The van der Waals surface area contributed by atoms with Crippen LogP contribution in [-0.2, 0) is 25.6 Å². The third kappa shape index (κ3) is 3.70. The van der Waals surface area contributed by atoms with Crippen LogP contribution in [0.15, 0.2) is 30.3 Å². The number of carbonyl (C=O) groups excluding carboxylic acids is 4. The Kier molecular flexibility index (Phi) is 5.71. The van der Waals surface area contributed by atoms with Crippen molar-refractivity contribution in [3.8, 4) is 0 Å². The van der Waals surface area contributed by atoms with Crippen LogP contribution in [0.2, 0.25) is 0 Å². The number of ketones is 1. The van der Waals surface area contributed by atoms with Gasteiger partial charge >= 0.3 is 5.97 Å². The normalized spacial score (nSPS) is 24.9. The number of amides is 2. The Morgan fingerprint density at radius 2 is 1.92 bits per heavy atom. The van der Waals surface area contributed by atoms with Crippen LogP contribution in [-0.4, -0.2) is 64.1 Å². The van der Waals surface area contributed by atoms with Gasteiger partial charge in [0.1, 0.15) is 0 Å². The van der Waals surface area contributed by atoms with E-state index in [2.05, 4.69) is 4.57 Å². The number of carbonyl (C=O) groups is 4. The summed E-state index contributed by atoms with van der Waals surface area (Å²) in [6, 6.07) is 8.56. The van der Waals surface area contributed by atoms with Crippen LogP contribution in [0.5, 0.6) is 0 Å². The van der Waals surface area contributed by atoms with Gasteiger partial charge in [-0.25, -0.2) is 4.79 Å². The van der Waals surface area contributed by atoms with Gasteiger partial charge in [0.15, 0.2) is 6.61 Å². The minimum Gasteiger partial charge on any atom is -0.454 e. The first-order chi connectivity index (χ1) is 17.8. The lowest BCUT2D eigenvalue weighted by Crippen LogP contribution is -2.69. The lowest BCUT2D eigenvalue weighted by molar-refractivity contribution is -0.156. The van der Waals surface area contributed by atoms with Crippen molar-refractivity contribution in [1.82, 2.24) is 9.47 Å². The lowest BCUT2D eigenvalue weighted by Gasteiger charge is -2.48. The summed E-state index contributed by atoms with van der Waals surface area (Å²) in [5.74, 6) is -1.54. The van der Waals surface area contributed by atoms with Gasteiger partial charge in [0.05, 0.1) is 17.4 Å². The number of esters is 1. The summed E-state index contributed by atoms with van der Waals surface area (Å²) in [5, 5.41) is 0. The molecule has 3 aliphatic heterocycles. The van der Waals surface area contributed by atoms with E-state index in [0.29, 0.717) is 23.4 Å². The molecule has 0 spiro atoms. The van der Waals surface area contributed by atoms with E-state index in [0.717, 1.165) is 43.7 Å². The smallest absolute Gasteiger partial charge is 0.354 e. The Balaban J connectivity index is 1.26. The number of hydrogen-bond donors (Lipinski definition) is 0. The molecule has 1 unspecified atom stereocenters. The van der Waals surface area contributed by atoms with Crippen molar-refractivity contribution in [2.45, 2.75) is 76.7 Å². The van der Waals surface area contributed by atoms with Crippen LogP contribution in [0, 0.1) is 13.8 Å². The molecule has 0 bridgehead atoms. The van der Waals surface area contributed by atoms with Gasteiger partial charge in [-0.1, -0.05) is 12.1 Å². The van der Waals surface area contributed by atoms with Crippen LogP contribution in [0.4, 0.5) is 5.69 Å². The Morgan fingerprint density at radius 3 is 2.65 bits per heavy atom. The van der Waals surface area contributed by atoms with E-state index in [1.807, 2.05) is 19.9 Å². The highest BCUT2D eigenvalue weighted by molar-refractivity contribution is 6.16. The number of para-hydroxylation sites is 1. The van der Waals surface area contributed by atoms with Gasteiger partial charge in [-0.15, -0.1) is 0 Å². The average molecular weight is 506 g/mol. The first-order valence-corrected chi connectivity index (χ1v) is 13.1. The van der Waals surface area contributed by atoms with Crippen molar-refractivity contribution in [3.63, 3.8) is 0 Å². The minimum atomic E-state index is -1.55. The lowest BCUT2D eigenvalue weighted by atomic mass is 9.96. The zero-order valence-corrected chi connectivity index (χ0v) is 21.2. The van der Waals surface area contributed by atoms with E-state index < -0.39 is 18.2 Å². The maximum absolute atomic E-state index is 13.8. The summed E-state index contributed by atoms with van der Waals surface area (Å²) >= 11 is 0. The van der Waals surface area contributed by atoms with Crippen molar-refractivity contribution >= 4 is 29.3 Å². The molecule has 9 nitrogen and oxygen atoms in total. The molecule has 2 aromatic rings. The molecule has 194 valence electrons. The number of Topliss-reactive ketones (excluding diaryl/α,β-unsaturated/α-hetero) is 1. The maximum Gasteiger partial charge on any atom is 0.354 e. The van der Waals surface area contributed by atoms with Crippen molar-refractivity contribution in [1.29, 1.82) is 0 Å². The largest absolute Gasteiger partial charge is 0.454 e. The molecule has 37 heavy (non-hydrogen) atoms. The summed E-state index contributed by atoms with van der Waals surface area (Å²) in [6.45, 7) is 4.82. The summed E-state index contributed by atoms with van der Waals surface area (Å²) in [7, 11) is 0. The number of aryl methyl sites for hydroxylation is 1. The molecule has 2 atom stereocenters. The quantitative estimate of drug-likeness (QED) is 0.424. The second kappa shape index (κ2) is 8.83. The van der Waals surface area contributed by atoms with Gasteiger partial charge < -0.3 is 18.9 Å². The van der Waals surface area contributed by atoms with Crippen LogP contribution in [0.25, 0.3) is 0 Å². The molecule has 2 amide bonds. The third-order valence-corrected chi connectivity index (χ3v) is 8.16. The van der Waals surface area contributed by atoms with E-state index >= 15 is 0 Å². The number of ether oxygens (including phenoxy) is 2. The third-order valence-electron chi connectivity index (χ3n) is 8.16. The van der Waals surface area contributed by atoms with Gasteiger partial charge in [0.25, 0.3) is 5.91 Å². The van der Waals surface area contributed by atoms with E-state index in [-0.39, 0.29) is 42.6 Å². The molecule has 9 heteroatoms. The predicted molar refractivity (Wildman–Crippen MR) is 133 cm³/mol. The van der Waals surface area contributed by atoms with Gasteiger partial charge in [-0.2, -0.15) is 0 Å². The van der Waals surface area contributed by atoms with Gasteiger partial charge in [0, 0.05) is 49.0 Å². The Morgan fingerprint density at radius 1 is 1.14 bits per heavy atom. The van der Waals surface area contributed by atoms with E-state index in [1.165, 1.54) is 4.90 Å². The van der Waals surface area contributed by atoms with E-state index in [4.69, 9.17) is 9.47 Å². The predicted octanol–water partition coefficient (Wildman–Crippen LogP) is 3.15. The fourth-order valence-electron chi connectivity index (χ4n) is 6.19. The molecule has 1 aromatic heterocycles. The highest BCUT2D eigenvalue weighted by Crippen LogP contribution is 2.49. The Hall–Kier alpha value is -3.46. The van der Waals surface area contributed by atoms with E-state index in [1.54, 1.807) is 29.2 Å². The molecular weight excluding hydrogens is 474 g/mol. The summed E-state index contributed by atoms with van der Waals surface area (Å²) < 4.78 is 13.5. The zero-order chi connectivity index (χ0) is 25.9. The average Bonchev–Trinajstić information content (AvgIpc) is 3.34. The van der Waals surface area contributed by atoms with Crippen LogP contribution in [0.1, 0.15) is 70.6 Å². The summed E-state index contributed by atoms with van der Waals surface area (Å²) in [5.41, 5.74) is 1.54. The molecule has 6 rings (SSSR count). The fraction of sp³-hybridized carbons (Fsp3) is 0.500. The highest BCUT2D eigenvalue weighted by atomic mass is 16.5. The SMILES string of the molecule is Cc1cc(C(=O)COC(=O)[C@@]23CCC(=O)N2c2ccccc2C(=O)N3C2CC2)c(C)n1CC1CCCO1. The molecule has 1 aliphatic carbocycles. The number of aromatic nitrogens is 1. The minimum absolute atomic E-state index is 0.123. The molecule has 4 aliphatic rings. The second-order valence-electron chi connectivity index (χ2n) is 10.5. The molecule has 4 heterocycles. The molecular formula is C28H31N3O6. The Bertz CT molecular complexity index is 1300. The number of rotatable bonds is 7. The number of anilines is 1. The molecule has 1 aromatic carbocycles. The van der Waals surface area contributed by atoms with Crippen LogP contribution in [0.3, 0.4) is 0 Å². The second-order valence-corrected chi connectivity index (χ2v) is 10.5. The topological polar surface area (TPSA) is 98.1 Å². The number of benzene rings is 1. The molecule has 3 fully saturated rings. The number of fused-ring (bicyclic) bond motifs is 3. The van der Waals surface area contributed by atoms with E-state index in [9.17, 15) is 19.2 Å². The highest BCUT2D eigenvalue weighted by Gasteiger charge is 2.64. The monoisotopic (exact) mass is 505 g/mol. The fourth-order valence-corrected chi connectivity index (χ4v) is 6.19. The van der Waals surface area contributed by atoms with Crippen molar-refractivity contribution in [2.24, 2.45) is 0 Å². The van der Waals surface area contributed by atoms with Crippen LogP contribution >= 0.6 is 0 Å². The molecule has 0 N–H and O–H groups in total. The Labute approximate surface area is 215 Å². The maximum atomic E-state index is 13.8. The number of nitrogens with zero attached hydrogens (tertiary/aromatic N) is 3. The summed E-state index contributed by atoms with van der Waals surface area (Å²) in [6.07, 6.45) is 3.97. The van der Waals surface area contributed by atoms with Crippen LogP contribution < -0.4 is 4.90 Å². The van der Waals surface area contributed by atoms with Crippen molar-refractivity contribution in [2.75, 3.05) is 18.1 Å². The van der Waals surface area contributed by atoms with Gasteiger partial charge in [0.2, 0.25) is 17.4 Å². The first kappa shape index (κ1) is 23.9. The molecule has 1 saturated carbocycles. The summed E-state index contributed by atoms with van der Waals surface area (Å²) in [4.78, 5) is 56.6. The number of hydrogen-bond acceptors (Lipinski definition) is 6. The van der Waals surface area contributed by atoms with Gasteiger partial charge in [-0.05, 0) is 57.7 Å². The van der Waals surface area contributed by atoms with Crippen molar-refractivity contribution < 1.29 is 28.7 Å². The first-order valence-electron chi connectivity index (χ1n) is 13.1.